The van der Waals surface area contributed by atoms with Gasteiger partial charge in [0.1, 0.15) is 15.4 Å². The summed E-state index contributed by atoms with van der Waals surface area (Å²) in [4.78, 5) is 10.4. The van der Waals surface area contributed by atoms with Crippen LogP contribution in [0.4, 0.5) is 4.79 Å². The number of carbonyl (C=O) groups is 1. The highest BCUT2D eigenvalue weighted by molar-refractivity contribution is 6.36. The lowest BCUT2D eigenvalue weighted by atomic mass is 10.5. The number of nitrogens with one attached hydrogen (secondary N) is 1. The zero-order valence-corrected chi connectivity index (χ0v) is 10.4. The summed E-state index contributed by atoms with van der Waals surface area (Å²) in [7, 11) is 0.604. The van der Waals surface area contributed by atoms with Gasteiger partial charge in [0.25, 0.3) is 0 Å². The van der Waals surface area contributed by atoms with E-state index >= 15 is 0 Å². The van der Waals surface area contributed by atoms with Gasteiger partial charge in [-0.2, -0.15) is 0 Å². The second-order valence-corrected chi connectivity index (χ2v) is 4.22. The average Bonchev–Trinajstić information content (AvgIpc) is 2.17. The number of hydrogen-bond donors (Lipinski definition) is 2. The zero-order chi connectivity index (χ0) is 11.5. The topological polar surface area (TPSA) is 73.6 Å². The summed E-state index contributed by atoms with van der Waals surface area (Å²) < 4.78 is 10.8. The van der Waals surface area contributed by atoms with Crippen LogP contribution in [-0.2, 0) is 9.47 Å². The van der Waals surface area contributed by atoms with Crippen LogP contribution in [-0.4, -0.2) is 41.2 Å². The summed E-state index contributed by atoms with van der Waals surface area (Å²) in [6.07, 6.45) is 0.901. The van der Waals surface area contributed by atoms with Crippen molar-refractivity contribution in [3.8, 4) is 0 Å². The molecule has 0 aromatic carbocycles. The normalized spacial score (nSPS) is 10.6. The Hall–Kier alpha value is -0.593. The summed E-state index contributed by atoms with van der Waals surface area (Å²) >= 11 is 0. The fourth-order valence-corrected chi connectivity index (χ4v) is 2.17. The van der Waals surface area contributed by atoms with E-state index in [0.717, 1.165) is 12.5 Å². The van der Waals surface area contributed by atoms with E-state index in [1.165, 1.54) is 0 Å². The van der Waals surface area contributed by atoms with Crippen LogP contribution < -0.4 is 11.1 Å². The number of nitrogens with two attached hydrogens (primary N) is 1. The molecule has 0 atom stereocenters. The van der Waals surface area contributed by atoms with Crippen molar-refractivity contribution in [3.63, 3.8) is 0 Å². The van der Waals surface area contributed by atoms with Crippen LogP contribution in [0.3, 0.4) is 0 Å². The fourth-order valence-electron chi connectivity index (χ4n) is 0.989. The van der Waals surface area contributed by atoms with Gasteiger partial charge in [0.05, 0.1) is 0 Å². The first kappa shape index (κ1) is 14.4. The van der Waals surface area contributed by atoms with Crippen molar-refractivity contribution in [1.29, 1.82) is 0 Å². The van der Waals surface area contributed by atoms with E-state index in [4.69, 9.17) is 15.2 Å². The van der Waals surface area contributed by atoms with E-state index in [0.29, 0.717) is 29.3 Å². The maximum absolute atomic E-state index is 10.4. The minimum Gasteiger partial charge on any atom is -0.357 e. The molecule has 0 aliphatic carbocycles. The summed E-state index contributed by atoms with van der Waals surface area (Å²) in [6, 6.07) is 0.509. The van der Waals surface area contributed by atoms with Crippen molar-refractivity contribution in [1.82, 2.24) is 5.32 Å². The van der Waals surface area contributed by atoms with Gasteiger partial charge in [0.15, 0.2) is 0 Å². The minimum absolute atomic E-state index is 0.0893. The second kappa shape index (κ2) is 9.94. The Morgan fingerprint density at radius 1 is 1.40 bits per heavy atom. The van der Waals surface area contributed by atoms with Gasteiger partial charge in [0.2, 0.25) is 0 Å². The highest BCUT2D eigenvalue weighted by Crippen LogP contribution is 1.98. The molecule has 0 unspecified atom stereocenters. The third-order valence-corrected chi connectivity index (χ3v) is 2.91. The quantitative estimate of drug-likeness (QED) is 0.346. The Labute approximate surface area is 93.5 Å². The van der Waals surface area contributed by atoms with E-state index in [1.807, 2.05) is 13.8 Å². The van der Waals surface area contributed by atoms with Crippen LogP contribution in [0, 0.1) is 0 Å². The van der Waals surface area contributed by atoms with Gasteiger partial charge in [-0.25, -0.2) is 4.79 Å². The highest BCUT2D eigenvalue weighted by atomic mass is 28.2. The predicted molar refractivity (Wildman–Crippen MR) is 59.8 cm³/mol. The molecule has 6 heteroatoms. The maximum Gasteiger partial charge on any atom is 0.312 e. The monoisotopic (exact) mass is 232 g/mol. The molecule has 0 bridgehead atoms. The SMILES string of the molecule is CCOC(OCC)[Si]CCCNC(N)=O. The number of urea groups is 1. The number of amides is 2. The van der Waals surface area contributed by atoms with E-state index in [9.17, 15) is 4.79 Å². The summed E-state index contributed by atoms with van der Waals surface area (Å²) in [5, 5.41) is 2.54. The van der Waals surface area contributed by atoms with Crippen LogP contribution in [0.5, 0.6) is 0 Å². The molecule has 0 rings (SSSR count). The van der Waals surface area contributed by atoms with Crippen LogP contribution in [0.15, 0.2) is 0 Å². The van der Waals surface area contributed by atoms with E-state index in [-0.39, 0.29) is 5.91 Å². The average molecular weight is 232 g/mol. The van der Waals surface area contributed by atoms with Crippen molar-refractivity contribution in [2.75, 3.05) is 19.8 Å². The van der Waals surface area contributed by atoms with Crippen LogP contribution in [0.25, 0.3) is 0 Å². The molecule has 5 nitrogen and oxygen atoms in total. The molecule has 0 aromatic heterocycles. The van der Waals surface area contributed by atoms with E-state index < -0.39 is 6.03 Å². The molecule has 0 aliphatic heterocycles. The molecule has 0 saturated carbocycles. The highest BCUT2D eigenvalue weighted by Gasteiger charge is 2.08. The Morgan fingerprint density at radius 2 is 2.00 bits per heavy atom. The number of primary amides is 1. The van der Waals surface area contributed by atoms with Gasteiger partial charge >= 0.3 is 6.03 Å². The molecule has 0 fully saturated rings. The molecule has 88 valence electrons. The lowest BCUT2D eigenvalue weighted by molar-refractivity contribution is -0.0827. The molecular formula is C9H20N2O3Si. The van der Waals surface area contributed by atoms with Gasteiger partial charge in [-0.15, -0.1) is 0 Å². The van der Waals surface area contributed by atoms with Crippen molar-refractivity contribution in [3.05, 3.63) is 0 Å². The molecule has 0 aromatic rings. The molecule has 0 heterocycles. The minimum atomic E-state index is -0.468. The summed E-state index contributed by atoms with van der Waals surface area (Å²) in [6.45, 7) is 5.85. The maximum atomic E-state index is 10.4. The molecule has 3 N–H and O–H groups in total. The smallest absolute Gasteiger partial charge is 0.312 e. The van der Waals surface area contributed by atoms with E-state index in [1.54, 1.807) is 0 Å². The summed E-state index contributed by atoms with van der Waals surface area (Å²) in [5.41, 5.74) is 4.93. The predicted octanol–water partition coefficient (Wildman–Crippen LogP) is 0.524. The Kier molecular flexibility index (Phi) is 9.55. The van der Waals surface area contributed by atoms with Gasteiger partial charge < -0.3 is 20.5 Å². The summed E-state index contributed by atoms with van der Waals surface area (Å²) in [5.74, 6) is -0.0893. The number of carbonyl (C=O) groups excluding carboxylic acids is 1. The Bertz CT molecular complexity index is 163. The lowest BCUT2D eigenvalue weighted by Crippen LogP contribution is -2.31. The molecule has 0 spiro atoms. The molecule has 0 aliphatic rings. The van der Waals surface area contributed by atoms with Gasteiger partial charge in [-0.3, -0.25) is 0 Å². The standard InChI is InChI=1S/C9H20N2O3Si/c1-3-13-9(14-4-2)15-7-5-6-11-8(10)12/h9H,3-7H2,1-2H3,(H3,10,11,12). The Morgan fingerprint density at radius 3 is 2.47 bits per heavy atom. The molecule has 0 saturated heterocycles. The second-order valence-electron chi connectivity index (χ2n) is 2.84. The van der Waals surface area contributed by atoms with Gasteiger partial charge in [-0.05, 0) is 20.3 Å². The van der Waals surface area contributed by atoms with Crippen molar-refractivity contribution in [2.24, 2.45) is 5.73 Å². The lowest BCUT2D eigenvalue weighted by Gasteiger charge is -2.15. The first-order chi connectivity index (χ1) is 7.20. The third-order valence-electron chi connectivity index (χ3n) is 1.60. The van der Waals surface area contributed by atoms with Crippen molar-refractivity contribution < 1.29 is 14.3 Å². The van der Waals surface area contributed by atoms with Crippen LogP contribution >= 0.6 is 0 Å². The number of rotatable bonds is 9. The molecular weight excluding hydrogens is 212 g/mol. The van der Waals surface area contributed by atoms with Gasteiger partial charge in [-0.1, -0.05) is 6.04 Å². The zero-order valence-electron chi connectivity index (χ0n) is 9.41. The largest absolute Gasteiger partial charge is 0.357 e. The Balaban J connectivity index is 3.39. The first-order valence-corrected chi connectivity index (χ1v) is 6.49. The number of ether oxygens (including phenoxy) is 2. The van der Waals surface area contributed by atoms with E-state index in [2.05, 4.69) is 5.32 Å². The molecule has 2 amide bonds. The molecule has 2 radical (unpaired) electrons. The fraction of sp³-hybridized carbons (Fsp3) is 0.889. The van der Waals surface area contributed by atoms with Crippen LogP contribution in [0.1, 0.15) is 20.3 Å². The number of hydrogen-bond acceptors (Lipinski definition) is 3. The van der Waals surface area contributed by atoms with Crippen molar-refractivity contribution in [2.45, 2.75) is 32.2 Å². The first-order valence-electron chi connectivity index (χ1n) is 5.20. The van der Waals surface area contributed by atoms with Gasteiger partial charge in [0, 0.05) is 19.8 Å². The van der Waals surface area contributed by atoms with Crippen LogP contribution in [0.2, 0.25) is 6.04 Å². The third kappa shape index (κ3) is 9.71. The molecule has 15 heavy (non-hydrogen) atoms. The van der Waals surface area contributed by atoms with Crippen molar-refractivity contribution >= 4 is 15.6 Å².